The van der Waals surface area contributed by atoms with Gasteiger partial charge in [0, 0.05) is 26.3 Å². The fourth-order valence-corrected chi connectivity index (χ4v) is 1.62. The van der Waals surface area contributed by atoms with Crippen molar-refractivity contribution in [2.75, 3.05) is 13.1 Å². The SMILES string of the molecule is Cn1ccc(CN2CCCCN2)n1. The topological polar surface area (TPSA) is 33.1 Å². The van der Waals surface area contributed by atoms with E-state index in [2.05, 4.69) is 21.6 Å². The van der Waals surface area contributed by atoms with Crippen LogP contribution in [0.1, 0.15) is 18.5 Å². The van der Waals surface area contributed by atoms with Crippen molar-refractivity contribution in [2.24, 2.45) is 7.05 Å². The molecule has 1 N–H and O–H groups in total. The molecule has 0 saturated carbocycles. The van der Waals surface area contributed by atoms with E-state index in [-0.39, 0.29) is 0 Å². The summed E-state index contributed by atoms with van der Waals surface area (Å²) in [5.74, 6) is 0. The van der Waals surface area contributed by atoms with Crippen LogP contribution in [0.5, 0.6) is 0 Å². The molecule has 0 radical (unpaired) electrons. The Morgan fingerprint density at radius 2 is 2.46 bits per heavy atom. The third kappa shape index (κ3) is 2.29. The molecule has 0 amide bonds. The fraction of sp³-hybridized carbons (Fsp3) is 0.667. The van der Waals surface area contributed by atoms with Gasteiger partial charge in [-0.25, -0.2) is 5.01 Å². The maximum absolute atomic E-state index is 4.34. The highest BCUT2D eigenvalue weighted by Gasteiger charge is 2.10. The molecule has 1 aliphatic heterocycles. The number of rotatable bonds is 2. The Bertz CT molecular complexity index is 262. The second kappa shape index (κ2) is 3.89. The fourth-order valence-electron chi connectivity index (χ4n) is 1.62. The van der Waals surface area contributed by atoms with E-state index in [0.717, 1.165) is 25.3 Å². The Balaban J connectivity index is 1.89. The summed E-state index contributed by atoms with van der Waals surface area (Å²) in [6, 6.07) is 2.07. The first-order chi connectivity index (χ1) is 6.34. The van der Waals surface area contributed by atoms with E-state index in [4.69, 9.17) is 0 Å². The van der Waals surface area contributed by atoms with E-state index in [1.54, 1.807) is 0 Å². The van der Waals surface area contributed by atoms with Crippen molar-refractivity contribution in [3.05, 3.63) is 18.0 Å². The van der Waals surface area contributed by atoms with Gasteiger partial charge in [-0.3, -0.25) is 10.1 Å². The van der Waals surface area contributed by atoms with Gasteiger partial charge >= 0.3 is 0 Å². The third-order valence-electron chi connectivity index (χ3n) is 2.31. The molecule has 4 nitrogen and oxygen atoms in total. The van der Waals surface area contributed by atoms with Crippen molar-refractivity contribution in [3.8, 4) is 0 Å². The zero-order valence-corrected chi connectivity index (χ0v) is 8.03. The molecule has 0 atom stereocenters. The van der Waals surface area contributed by atoms with Crippen molar-refractivity contribution >= 4 is 0 Å². The highest BCUT2D eigenvalue weighted by atomic mass is 15.5. The Kier molecular flexibility index (Phi) is 2.61. The summed E-state index contributed by atoms with van der Waals surface area (Å²) >= 11 is 0. The van der Waals surface area contributed by atoms with Crippen molar-refractivity contribution in [2.45, 2.75) is 19.4 Å². The molecule has 0 spiro atoms. The Morgan fingerprint density at radius 1 is 1.54 bits per heavy atom. The number of hydrazine groups is 1. The van der Waals surface area contributed by atoms with Crippen LogP contribution in [0.15, 0.2) is 12.3 Å². The molecule has 0 aromatic carbocycles. The summed E-state index contributed by atoms with van der Waals surface area (Å²) < 4.78 is 1.85. The molecule has 1 aromatic heterocycles. The summed E-state index contributed by atoms with van der Waals surface area (Å²) in [5, 5.41) is 6.58. The normalized spacial score (nSPS) is 19.2. The minimum atomic E-state index is 0.918. The molecule has 0 unspecified atom stereocenters. The zero-order valence-electron chi connectivity index (χ0n) is 8.03. The van der Waals surface area contributed by atoms with Crippen LogP contribution in [0.25, 0.3) is 0 Å². The molecule has 72 valence electrons. The molecule has 2 rings (SSSR count). The molecule has 2 heterocycles. The number of hydrogen-bond donors (Lipinski definition) is 1. The first-order valence-electron chi connectivity index (χ1n) is 4.81. The molecule has 13 heavy (non-hydrogen) atoms. The first kappa shape index (κ1) is 8.72. The highest BCUT2D eigenvalue weighted by molar-refractivity contribution is 4.98. The second-order valence-electron chi connectivity index (χ2n) is 3.52. The lowest BCUT2D eigenvalue weighted by Crippen LogP contribution is -2.42. The minimum absolute atomic E-state index is 0.918. The van der Waals surface area contributed by atoms with Crippen molar-refractivity contribution in [3.63, 3.8) is 0 Å². The van der Waals surface area contributed by atoms with E-state index in [1.165, 1.54) is 12.8 Å². The predicted molar refractivity (Wildman–Crippen MR) is 50.9 cm³/mol. The van der Waals surface area contributed by atoms with E-state index < -0.39 is 0 Å². The summed E-state index contributed by atoms with van der Waals surface area (Å²) in [6.45, 7) is 3.16. The van der Waals surface area contributed by atoms with Gasteiger partial charge in [-0.2, -0.15) is 5.10 Å². The van der Waals surface area contributed by atoms with Gasteiger partial charge in [0.25, 0.3) is 0 Å². The molecule has 1 saturated heterocycles. The van der Waals surface area contributed by atoms with Gasteiger partial charge in [-0.05, 0) is 18.9 Å². The summed E-state index contributed by atoms with van der Waals surface area (Å²) in [6.07, 6.45) is 4.57. The van der Waals surface area contributed by atoms with Gasteiger partial charge in [0.15, 0.2) is 0 Å². The second-order valence-corrected chi connectivity index (χ2v) is 3.52. The van der Waals surface area contributed by atoms with Crippen LogP contribution in [-0.4, -0.2) is 27.9 Å². The molecule has 0 bridgehead atoms. The van der Waals surface area contributed by atoms with Crippen LogP contribution in [0, 0.1) is 0 Å². The smallest absolute Gasteiger partial charge is 0.0779 e. The Hall–Kier alpha value is -0.870. The van der Waals surface area contributed by atoms with Gasteiger partial charge in [-0.15, -0.1) is 0 Å². The van der Waals surface area contributed by atoms with Crippen LogP contribution >= 0.6 is 0 Å². The van der Waals surface area contributed by atoms with Crippen LogP contribution in [0.4, 0.5) is 0 Å². The molecular formula is C9H16N4. The van der Waals surface area contributed by atoms with E-state index in [0.29, 0.717) is 0 Å². The summed E-state index contributed by atoms with van der Waals surface area (Å²) in [5.41, 5.74) is 4.50. The quantitative estimate of drug-likeness (QED) is 0.720. The summed E-state index contributed by atoms with van der Waals surface area (Å²) in [4.78, 5) is 0. The standard InChI is InChI=1S/C9H16N4/c1-12-7-4-9(11-12)8-13-6-3-2-5-10-13/h4,7,10H,2-3,5-6,8H2,1H3. The number of aryl methyl sites for hydroxylation is 1. The molecule has 0 aliphatic carbocycles. The Morgan fingerprint density at radius 3 is 3.08 bits per heavy atom. The Labute approximate surface area is 78.5 Å². The van der Waals surface area contributed by atoms with Crippen LogP contribution in [-0.2, 0) is 13.6 Å². The average Bonchev–Trinajstić information content (AvgIpc) is 2.53. The van der Waals surface area contributed by atoms with Gasteiger partial charge in [0.05, 0.1) is 12.2 Å². The predicted octanol–water partition coefficient (Wildman–Crippen LogP) is 0.520. The number of hydrogen-bond acceptors (Lipinski definition) is 3. The van der Waals surface area contributed by atoms with Crippen molar-refractivity contribution in [1.82, 2.24) is 20.2 Å². The average molecular weight is 180 g/mol. The first-order valence-corrected chi connectivity index (χ1v) is 4.81. The third-order valence-corrected chi connectivity index (χ3v) is 2.31. The number of nitrogens with one attached hydrogen (secondary N) is 1. The zero-order chi connectivity index (χ0) is 9.10. The maximum atomic E-state index is 4.34. The van der Waals surface area contributed by atoms with Crippen LogP contribution in [0.3, 0.4) is 0 Å². The van der Waals surface area contributed by atoms with Gasteiger partial charge in [0.1, 0.15) is 0 Å². The molecule has 1 aliphatic rings. The van der Waals surface area contributed by atoms with Crippen molar-refractivity contribution in [1.29, 1.82) is 0 Å². The molecule has 1 fully saturated rings. The molecule has 4 heteroatoms. The van der Waals surface area contributed by atoms with Gasteiger partial charge in [-0.1, -0.05) is 0 Å². The highest BCUT2D eigenvalue weighted by Crippen LogP contribution is 2.04. The lowest BCUT2D eigenvalue weighted by Gasteiger charge is -2.26. The van der Waals surface area contributed by atoms with E-state index in [9.17, 15) is 0 Å². The minimum Gasteiger partial charge on any atom is -0.276 e. The lowest BCUT2D eigenvalue weighted by molar-refractivity contribution is 0.142. The van der Waals surface area contributed by atoms with Gasteiger partial charge < -0.3 is 0 Å². The largest absolute Gasteiger partial charge is 0.276 e. The maximum Gasteiger partial charge on any atom is 0.0779 e. The number of aromatic nitrogens is 2. The molecule has 1 aromatic rings. The molecular weight excluding hydrogens is 164 g/mol. The van der Waals surface area contributed by atoms with Crippen LogP contribution < -0.4 is 5.43 Å². The lowest BCUT2D eigenvalue weighted by atomic mass is 10.2. The van der Waals surface area contributed by atoms with Gasteiger partial charge in [0.2, 0.25) is 0 Å². The van der Waals surface area contributed by atoms with Crippen LogP contribution in [0.2, 0.25) is 0 Å². The summed E-state index contributed by atoms with van der Waals surface area (Å²) in [7, 11) is 1.95. The van der Waals surface area contributed by atoms with Crippen molar-refractivity contribution < 1.29 is 0 Å². The number of nitrogens with zero attached hydrogens (tertiary/aromatic N) is 3. The van der Waals surface area contributed by atoms with E-state index in [1.807, 2.05) is 17.9 Å². The van der Waals surface area contributed by atoms with E-state index >= 15 is 0 Å². The monoisotopic (exact) mass is 180 g/mol.